The molecule has 0 bridgehead atoms. The van der Waals surface area contributed by atoms with Crippen LogP contribution in [0.3, 0.4) is 0 Å². The summed E-state index contributed by atoms with van der Waals surface area (Å²) < 4.78 is 7.22. The van der Waals surface area contributed by atoms with E-state index in [1.807, 2.05) is 6.92 Å². The van der Waals surface area contributed by atoms with Crippen LogP contribution >= 0.6 is 35.0 Å². The van der Waals surface area contributed by atoms with Gasteiger partial charge in [0, 0.05) is 19.8 Å². The predicted molar refractivity (Wildman–Crippen MR) is 140 cm³/mol. The summed E-state index contributed by atoms with van der Waals surface area (Å²) in [6, 6.07) is 11.4. The molecule has 0 radical (unpaired) electrons. The smallest absolute Gasteiger partial charge is 0.333 e. The maximum Gasteiger partial charge on any atom is 0.333 e. The number of aromatic hydroxyl groups is 1. The number of halogens is 2. The van der Waals surface area contributed by atoms with Crippen LogP contribution < -0.4 is 21.3 Å². The van der Waals surface area contributed by atoms with Crippen LogP contribution in [-0.4, -0.2) is 37.6 Å². The average molecular weight is 537 g/mol. The normalized spacial score (nSPS) is 11.4. The van der Waals surface area contributed by atoms with Crippen molar-refractivity contribution in [3.05, 3.63) is 78.9 Å². The molecule has 12 heteroatoms. The summed E-state index contributed by atoms with van der Waals surface area (Å²) in [6.07, 6.45) is 0. The van der Waals surface area contributed by atoms with Gasteiger partial charge in [-0.15, -0.1) is 0 Å². The second-order valence-corrected chi connectivity index (χ2v) is 8.99. The van der Waals surface area contributed by atoms with Crippen molar-refractivity contribution in [1.82, 2.24) is 9.13 Å². The highest BCUT2D eigenvalue weighted by molar-refractivity contribution is 8.15. The van der Waals surface area contributed by atoms with Crippen LogP contribution in [0.1, 0.15) is 12.5 Å². The lowest BCUT2D eigenvalue weighted by molar-refractivity contribution is -0.113. The van der Waals surface area contributed by atoms with E-state index in [9.17, 15) is 19.5 Å². The molecule has 9 nitrogen and oxygen atoms in total. The molecule has 3 rings (SSSR count). The first kappa shape index (κ1) is 26.4. The standard InChI is InChI=1S/C23H22Cl2N4O5S/c1-4-34-15-8-5-13(6-9-15)27-20(19-21(31)28(2)23(33)29(3)22(19)32)35-12-18(30)26-14-7-10-16(24)17(25)11-14/h5-11,31H,4,12H2,1-3H3,(H,26,30). The molecular weight excluding hydrogens is 515 g/mol. The molecule has 0 aliphatic rings. The molecule has 3 aromatic rings. The SMILES string of the molecule is CCOc1ccc(N=C(SCC(=O)Nc2ccc(Cl)c(Cl)c2)c2c(O)n(C)c(=O)n(C)c2=O)cc1. The van der Waals surface area contributed by atoms with Crippen LogP contribution in [-0.2, 0) is 18.9 Å². The Labute approximate surface area is 215 Å². The van der Waals surface area contributed by atoms with Crippen molar-refractivity contribution < 1.29 is 14.6 Å². The summed E-state index contributed by atoms with van der Waals surface area (Å²) in [5.41, 5.74) is -0.741. The monoisotopic (exact) mass is 536 g/mol. The van der Waals surface area contributed by atoms with E-state index in [1.165, 1.54) is 20.2 Å². The van der Waals surface area contributed by atoms with E-state index in [4.69, 9.17) is 27.9 Å². The van der Waals surface area contributed by atoms with E-state index in [-0.39, 0.29) is 21.4 Å². The van der Waals surface area contributed by atoms with Gasteiger partial charge in [-0.3, -0.25) is 18.7 Å². The highest BCUT2D eigenvalue weighted by Crippen LogP contribution is 2.27. The van der Waals surface area contributed by atoms with E-state index >= 15 is 0 Å². The molecule has 0 aliphatic carbocycles. The van der Waals surface area contributed by atoms with Crippen LogP contribution in [0.5, 0.6) is 11.6 Å². The summed E-state index contributed by atoms with van der Waals surface area (Å²) in [7, 11) is 2.63. The highest BCUT2D eigenvalue weighted by Gasteiger charge is 2.22. The van der Waals surface area contributed by atoms with Gasteiger partial charge in [0.15, 0.2) is 0 Å². The van der Waals surface area contributed by atoms with E-state index in [1.54, 1.807) is 36.4 Å². The van der Waals surface area contributed by atoms with Crippen molar-refractivity contribution in [3.8, 4) is 11.6 Å². The fraction of sp³-hybridized carbons (Fsp3) is 0.217. The van der Waals surface area contributed by atoms with Crippen molar-refractivity contribution in [2.24, 2.45) is 19.1 Å². The van der Waals surface area contributed by atoms with E-state index in [0.717, 1.165) is 20.9 Å². The molecule has 0 saturated heterocycles. The molecule has 1 amide bonds. The zero-order valence-corrected chi connectivity index (χ0v) is 21.4. The molecule has 0 unspecified atom stereocenters. The lowest BCUT2D eigenvalue weighted by atomic mass is 10.3. The number of hydrogen-bond donors (Lipinski definition) is 2. The summed E-state index contributed by atoms with van der Waals surface area (Å²) in [4.78, 5) is 42.1. The Bertz CT molecular complexity index is 1400. The Morgan fingerprint density at radius 1 is 1.09 bits per heavy atom. The fourth-order valence-corrected chi connectivity index (χ4v) is 4.12. The van der Waals surface area contributed by atoms with Crippen LogP contribution in [0.4, 0.5) is 11.4 Å². The number of ether oxygens (including phenoxy) is 1. The third kappa shape index (κ3) is 6.27. The summed E-state index contributed by atoms with van der Waals surface area (Å²) in [5, 5.41) is 14.0. The van der Waals surface area contributed by atoms with Crippen LogP contribution in [0, 0.1) is 0 Å². The van der Waals surface area contributed by atoms with E-state index in [0.29, 0.717) is 28.8 Å². The van der Waals surface area contributed by atoms with Crippen molar-refractivity contribution >= 4 is 57.3 Å². The molecule has 0 saturated carbocycles. The topological polar surface area (TPSA) is 115 Å². The second-order valence-electron chi connectivity index (χ2n) is 7.21. The molecule has 2 aromatic carbocycles. The first-order valence-electron chi connectivity index (χ1n) is 10.3. The fourth-order valence-electron chi connectivity index (χ4n) is 2.99. The lowest BCUT2D eigenvalue weighted by Gasteiger charge is -2.13. The number of aromatic nitrogens is 2. The van der Waals surface area contributed by atoms with E-state index < -0.39 is 23.0 Å². The molecule has 0 spiro atoms. The predicted octanol–water partition coefficient (Wildman–Crippen LogP) is 3.95. The van der Waals surface area contributed by atoms with Crippen molar-refractivity contribution in [1.29, 1.82) is 0 Å². The zero-order valence-electron chi connectivity index (χ0n) is 19.0. The number of thioether (sulfide) groups is 1. The maximum atomic E-state index is 12.9. The van der Waals surface area contributed by atoms with Gasteiger partial charge in [-0.2, -0.15) is 0 Å². The minimum Gasteiger partial charge on any atom is -0.494 e. The number of anilines is 1. The summed E-state index contributed by atoms with van der Waals surface area (Å²) >= 11 is 12.8. The number of hydrogen-bond acceptors (Lipinski definition) is 7. The van der Waals surface area contributed by atoms with Crippen molar-refractivity contribution in [3.63, 3.8) is 0 Å². The first-order chi connectivity index (χ1) is 16.6. The van der Waals surface area contributed by atoms with Gasteiger partial charge in [0.1, 0.15) is 16.4 Å². The molecule has 0 fully saturated rings. The summed E-state index contributed by atoms with van der Waals surface area (Å²) in [5.74, 6) is -0.474. The lowest BCUT2D eigenvalue weighted by Crippen LogP contribution is -2.39. The minimum absolute atomic E-state index is 0.0622. The Morgan fingerprint density at radius 2 is 1.77 bits per heavy atom. The number of rotatable bonds is 7. The van der Waals surface area contributed by atoms with Gasteiger partial charge in [-0.05, 0) is 49.4 Å². The number of nitrogens with one attached hydrogen (secondary N) is 1. The van der Waals surface area contributed by atoms with Gasteiger partial charge in [-0.1, -0.05) is 35.0 Å². The molecule has 0 atom stereocenters. The number of aliphatic imine (C=N–C) groups is 1. The van der Waals surface area contributed by atoms with Gasteiger partial charge >= 0.3 is 5.69 Å². The van der Waals surface area contributed by atoms with Gasteiger partial charge in [0.25, 0.3) is 5.56 Å². The molecule has 184 valence electrons. The number of nitrogens with zero attached hydrogens (tertiary/aromatic N) is 3. The summed E-state index contributed by atoms with van der Waals surface area (Å²) in [6.45, 7) is 2.36. The Hall–Kier alpha value is -3.21. The van der Waals surface area contributed by atoms with Gasteiger partial charge in [0.05, 0.1) is 28.1 Å². The molecule has 35 heavy (non-hydrogen) atoms. The second kappa shape index (κ2) is 11.5. The Morgan fingerprint density at radius 3 is 2.40 bits per heavy atom. The van der Waals surface area contributed by atoms with Gasteiger partial charge < -0.3 is 15.2 Å². The molecule has 0 aliphatic heterocycles. The number of carbonyl (C=O) groups excluding carboxylic acids is 1. The molecule has 2 N–H and O–H groups in total. The Balaban J connectivity index is 1.96. The third-order valence-electron chi connectivity index (χ3n) is 4.77. The quantitative estimate of drug-likeness (QED) is 0.349. The van der Waals surface area contributed by atoms with Gasteiger partial charge in [0.2, 0.25) is 11.8 Å². The van der Waals surface area contributed by atoms with Crippen LogP contribution in [0.15, 0.2) is 57.0 Å². The number of carbonyl (C=O) groups is 1. The molecule has 1 aromatic heterocycles. The third-order valence-corrected chi connectivity index (χ3v) is 6.48. The Kier molecular flexibility index (Phi) is 8.66. The van der Waals surface area contributed by atoms with Crippen molar-refractivity contribution in [2.45, 2.75) is 6.92 Å². The average Bonchev–Trinajstić information content (AvgIpc) is 2.83. The maximum absolute atomic E-state index is 12.9. The zero-order chi connectivity index (χ0) is 25.7. The number of amides is 1. The minimum atomic E-state index is -0.743. The molecular formula is C23H22Cl2N4O5S. The van der Waals surface area contributed by atoms with E-state index in [2.05, 4.69) is 10.3 Å². The van der Waals surface area contributed by atoms with Crippen molar-refractivity contribution in [2.75, 3.05) is 17.7 Å². The van der Waals surface area contributed by atoms with Gasteiger partial charge in [-0.25, -0.2) is 9.79 Å². The van der Waals surface area contributed by atoms with Crippen LogP contribution in [0.2, 0.25) is 10.0 Å². The largest absolute Gasteiger partial charge is 0.494 e. The van der Waals surface area contributed by atoms with Crippen LogP contribution in [0.25, 0.3) is 0 Å². The number of benzene rings is 2. The molecule has 1 heterocycles. The highest BCUT2D eigenvalue weighted by atomic mass is 35.5. The first-order valence-corrected chi connectivity index (χ1v) is 12.0.